The third kappa shape index (κ3) is 2.17. The van der Waals surface area contributed by atoms with Gasteiger partial charge in [0.2, 0.25) is 5.91 Å². The van der Waals surface area contributed by atoms with E-state index in [4.69, 9.17) is 0 Å². The number of nitrogens with zero attached hydrogens (tertiary/aromatic N) is 1. The van der Waals surface area contributed by atoms with Crippen LogP contribution >= 0.6 is 0 Å². The predicted octanol–water partition coefficient (Wildman–Crippen LogP) is -0.472. The van der Waals surface area contributed by atoms with Crippen molar-refractivity contribution in [3.63, 3.8) is 0 Å². The summed E-state index contributed by atoms with van der Waals surface area (Å²) in [6, 6.07) is 0. The molecule has 2 amide bonds. The Bertz CT molecular complexity index is 249. The van der Waals surface area contributed by atoms with Crippen LogP contribution in [0, 0.1) is 0 Å². The van der Waals surface area contributed by atoms with E-state index in [0.717, 1.165) is 4.90 Å². The molecule has 0 bridgehead atoms. The molecule has 6 nitrogen and oxygen atoms in total. The molecule has 1 aliphatic heterocycles. The lowest BCUT2D eigenvalue weighted by molar-refractivity contribution is -0.145. The van der Waals surface area contributed by atoms with Gasteiger partial charge in [0.15, 0.2) is 0 Å². The summed E-state index contributed by atoms with van der Waals surface area (Å²) in [5, 5.41) is 0. The number of amides is 2. The van der Waals surface area contributed by atoms with Crippen LogP contribution in [-0.2, 0) is 19.1 Å². The lowest BCUT2D eigenvalue weighted by Crippen LogP contribution is -2.33. The van der Waals surface area contributed by atoms with Crippen molar-refractivity contribution in [3.8, 4) is 0 Å². The number of esters is 1. The summed E-state index contributed by atoms with van der Waals surface area (Å²) in [4.78, 5) is 33.5. The maximum atomic E-state index is 11.1. The molecule has 1 heterocycles. The number of rotatable bonds is 2. The molecule has 0 aromatic rings. The molecule has 1 saturated heterocycles. The SMILES string of the molecule is COC(=O)CC(=O)N1CCOC1=O. The lowest BCUT2D eigenvalue weighted by Gasteiger charge is -2.08. The van der Waals surface area contributed by atoms with E-state index in [2.05, 4.69) is 9.47 Å². The Hall–Kier alpha value is -1.59. The molecule has 1 aliphatic rings. The summed E-state index contributed by atoms with van der Waals surface area (Å²) < 4.78 is 8.79. The fourth-order valence-corrected chi connectivity index (χ4v) is 0.911. The fraction of sp³-hybridized carbons (Fsp3) is 0.571. The molecule has 0 radical (unpaired) electrons. The number of carbonyl (C=O) groups is 3. The normalized spacial score (nSPS) is 15.5. The number of hydrogen-bond acceptors (Lipinski definition) is 5. The van der Waals surface area contributed by atoms with Gasteiger partial charge < -0.3 is 9.47 Å². The third-order valence-electron chi connectivity index (χ3n) is 1.59. The second-order valence-electron chi connectivity index (χ2n) is 2.41. The highest BCUT2D eigenvalue weighted by Crippen LogP contribution is 2.05. The van der Waals surface area contributed by atoms with E-state index in [0.29, 0.717) is 0 Å². The Balaban J connectivity index is 2.47. The van der Waals surface area contributed by atoms with E-state index in [1.54, 1.807) is 0 Å². The predicted molar refractivity (Wildman–Crippen MR) is 39.7 cm³/mol. The minimum Gasteiger partial charge on any atom is -0.469 e. The largest absolute Gasteiger partial charge is 0.469 e. The first-order valence-corrected chi connectivity index (χ1v) is 3.69. The van der Waals surface area contributed by atoms with Gasteiger partial charge in [0.25, 0.3) is 0 Å². The summed E-state index contributed by atoms with van der Waals surface area (Å²) in [7, 11) is 1.18. The third-order valence-corrected chi connectivity index (χ3v) is 1.59. The monoisotopic (exact) mass is 187 g/mol. The van der Waals surface area contributed by atoms with Crippen LogP contribution in [0.1, 0.15) is 6.42 Å². The number of methoxy groups -OCH3 is 1. The fourth-order valence-electron chi connectivity index (χ4n) is 0.911. The molecule has 72 valence electrons. The summed E-state index contributed by atoms with van der Waals surface area (Å²) >= 11 is 0. The molecule has 0 saturated carbocycles. The topological polar surface area (TPSA) is 72.9 Å². The van der Waals surface area contributed by atoms with E-state index < -0.39 is 24.4 Å². The molecule has 0 atom stereocenters. The van der Waals surface area contributed by atoms with E-state index in [1.165, 1.54) is 7.11 Å². The van der Waals surface area contributed by atoms with Gasteiger partial charge in [-0.25, -0.2) is 9.69 Å². The van der Waals surface area contributed by atoms with Crippen LogP contribution in [0.2, 0.25) is 0 Å². The Labute approximate surface area is 74.4 Å². The molecule has 0 spiro atoms. The summed E-state index contributed by atoms with van der Waals surface area (Å²) in [6.07, 6.45) is -1.13. The summed E-state index contributed by atoms with van der Waals surface area (Å²) in [6.45, 7) is 0.389. The molecule has 0 aromatic carbocycles. The minimum atomic E-state index is -0.700. The van der Waals surface area contributed by atoms with Gasteiger partial charge in [-0.2, -0.15) is 0 Å². The number of hydrogen-bond donors (Lipinski definition) is 0. The zero-order valence-corrected chi connectivity index (χ0v) is 7.11. The van der Waals surface area contributed by atoms with Gasteiger partial charge in [-0.05, 0) is 0 Å². The molecule has 0 N–H and O–H groups in total. The Morgan fingerprint density at radius 3 is 2.77 bits per heavy atom. The summed E-state index contributed by atoms with van der Waals surface area (Å²) in [5.74, 6) is -1.25. The number of cyclic esters (lactones) is 1. The first-order valence-electron chi connectivity index (χ1n) is 3.69. The quantitative estimate of drug-likeness (QED) is 0.431. The molecule has 0 aliphatic carbocycles. The van der Waals surface area contributed by atoms with Crippen LogP contribution in [0.25, 0.3) is 0 Å². The van der Waals surface area contributed by atoms with Gasteiger partial charge in [0.05, 0.1) is 13.7 Å². The molecule has 0 aromatic heterocycles. The zero-order valence-electron chi connectivity index (χ0n) is 7.11. The first kappa shape index (κ1) is 9.50. The maximum Gasteiger partial charge on any atom is 0.416 e. The minimum absolute atomic E-state index is 0.186. The molecular formula is C7H9NO5. The van der Waals surface area contributed by atoms with Crippen LogP contribution in [0.15, 0.2) is 0 Å². The van der Waals surface area contributed by atoms with Gasteiger partial charge >= 0.3 is 12.1 Å². The van der Waals surface area contributed by atoms with E-state index >= 15 is 0 Å². The van der Waals surface area contributed by atoms with Crippen molar-refractivity contribution >= 4 is 18.0 Å². The first-order chi connectivity index (χ1) is 6.15. The molecule has 0 unspecified atom stereocenters. The van der Waals surface area contributed by atoms with Crippen molar-refractivity contribution in [2.75, 3.05) is 20.3 Å². The lowest BCUT2D eigenvalue weighted by atomic mass is 10.4. The van der Waals surface area contributed by atoms with Gasteiger partial charge in [-0.15, -0.1) is 0 Å². The van der Waals surface area contributed by atoms with Crippen molar-refractivity contribution < 1.29 is 23.9 Å². The Kier molecular flexibility index (Phi) is 2.84. The van der Waals surface area contributed by atoms with Crippen molar-refractivity contribution in [1.29, 1.82) is 0 Å². The van der Waals surface area contributed by atoms with E-state index in [-0.39, 0.29) is 13.2 Å². The average molecular weight is 187 g/mol. The van der Waals surface area contributed by atoms with Crippen molar-refractivity contribution in [2.45, 2.75) is 6.42 Å². The number of imide groups is 1. The smallest absolute Gasteiger partial charge is 0.416 e. The molecule has 1 fully saturated rings. The van der Waals surface area contributed by atoms with Gasteiger partial charge in [-0.1, -0.05) is 0 Å². The van der Waals surface area contributed by atoms with Crippen LogP contribution in [0.4, 0.5) is 4.79 Å². The number of carbonyl (C=O) groups excluding carboxylic acids is 3. The van der Waals surface area contributed by atoms with E-state index in [9.17, 15) is 14.4 Å². The Morgan fingerprint density at radius 1 is 1.62 bits per heavy atom. The average Bonchev–Trinajstić information content (AvgIpc) is 2.51. The van der Waals surface area contributed by atoms with Crippen LogP contribution < -0.4 is 0 Å². The van der Waals surface area contributed by atoms with Gasteiger partial charge in [0, 0.05) is 0 Å². The second kappa shape index (κ2) is 3.88. The standard InChI is InChI=1S/C7H9NO5/c1-12-6(10)4-5(9)8-2-3-13-7(8)11/h2-4H2,1H3. The van der Waals surface area contributed by atoms with Crippen LogP contribution in [0.5, 0.6) is 0 Å². The van der Waals surface area contributed by atoms with Gasteiger partial charge in [0.1, 0.15) is 13.0 Å². The molecule has 13 heavy (non-hydrogen) atoms. The highest BCUT2D eigenvalue weighted by atomic mass is 16.6. The highest BCUT2D eigenvalue weighted by Gasteiger charge is 2.29. The van der Waals surface area contributed by atoms with Crippen LogP contribution in [-0.4, -0.2) is 43.1 Å². The molecule has 6 heteroatoms. The number of ether oxygens (including phenoxy) is 2. The van der Waals surface area contributed by atoms with Crippen molar-refractivity contribution in [3.05, 3.63) is 0 Å². The second-order valence-corrected chi connectivity index (χ2v) is 2.41. The zero-order chi connectivity index (χ0) is 9.84. The molecule has 1 rings (SSSR count). The van der Waals surface area contributed by atoms with E-state index in [1.807, 2.05) is 0 Å². The van der Waals surface area contributed by atoms with Crippen molar-refractivity contribution in [2.24, 2.45) is 0 Å². The summed E-state index contributed by atoms with van der Waals surface area (Å²) in [5.41, 5.74) is 0. The Morgan fingerprint density at radius 2 is 2.31 bits per heavy atom. The van der Waals surface area contributed by atoms with Gasteiger partial charge in [-0.3, -0.25) is 9.59 Å². The van der Waals surface area contributed by atoms with Crippen LogP contribution in [0.3, 0.4) is 0 Å². The maximum absolute atomic E-state index is 11.1. The highest BCUT2D eigenvalue weighted by molar-refractivity contribution is 6.01. The molecular weight excluding hydrogens is 178 g/mol. The van der Waals surface area contributed by atoms with Crippen molar-refractivity contribution in [1.82, 2.24) is 4.90 Å².